The van der Waals surface area contributed by atoms with Crippen LogP contribution >= 0.6 is 0 Å². The number of hydrogen-bond donors (Lipinski definition) is 0. The van der Waals surface area contributed by atoms with E-state index in [0.29, 0.717) is 43.0 Å². The zero-order valence-corrected chi connectivity index (χ0v) is 22.7. The molecule has 0 aliphatic carbocycles. The molecule has 0 aliphatic rings. The lowest BCUT2D eigenvalue weighted by Crippen LogP contribution is -2.27. The molecule has 0 spiro atoms. The molecule has 4 heteroatoms. The van der Waals surface area contributed by atoms with E-state index in [1.165, 1.54) is 10.9 Å². The highest BCUT2D eigenvalue weighted by molar-refractivity contribution is 5.91. The van der Waals surface area contributed by atoms with Gasteiger partial charge in [-0.25, -0.2) is 0 Å². The van der Waals surface area contributed by atoms with Crippen LogP contribution < -0.4 is 9.47 Å². The summed E-state index contributed by atoms with van der Waals surface area (Å²) in [5.41, 5.74) is 1.39. The van der Waals surface area contributed by atoms with Crippen LogP contribution in [0.5, 0.6) is 11.5 Å². The average Bonchev–Trinajstić information content (AvgIpc) is 2.85. The maximum absolute atomic E-state index is 12.1. The monoisotopic (exact) mass is 490 g/mol. The van der Waals surface area contributed by atoms with Crippen molar-refractivity contribution in [2.24, 2.45) is 17.8 Å². The summed E-state index contributed by atoms with van der Waals surface area (Å²) in [6.07, 6.45) is 1.63. The predicted molar refractivity (Wildman–Crippen MR) is 147 cm³/mol. The molecule has 4 nitrogen and oxygen atoms in total. The fourth-order valence-corrected chi connectivity index (χ4v) is 4.56. The van der Waals surface area contributed by atoms with Gasteiger partial charge < -0.3 is 14.2 Å². The Morgan fingerprint density at radius 3 is 2.08 bits per heavy atom. The second-order valence-corrected chi connectivity index (χ2v) is 10.7. The van der Waals surface area contributed by atoms with E-state index in [1.54, 1.807) is 12.1 Å². The first-order valence-electron chi connectivity index (χ1n) is 13.3. The molecule has 0 amide bonds. The van der Waals surface area contributed by atoms with Gasteiger partial charge >= 0.3 is 5.97 Å². The van der Waals surface area contributed by atoms with Gasteiger partial charge in [0.1, 0.15) is 11.5 Å². The molecule has 3 rings (SSSR count). The van der Waals surface area contributed by atoms with Crippen LogP contribution in [0, 0.1) is 17.8 Å². The Labute approximate surface area is 217 Å². The number of hydrogen-bond acceptors (Lipinski definition) is 4. The van der Waals surface area contributed by atoms with E-state index in [2.05, 4.69) is 77.9 Å². The van der Waals surface area contributed by atoms with Crippen LogP contribution in [-0.2, 0) is 9.53 Å². The predicted octanol–water partition coefficient (Wildman–Crippen LogP) is 8.39. The molecule has 194 valence electrons. The Hall–Kier alpha value is -2.85. The third-order valence-electron chi connectivity index (χ3n) is 6.42. The standard InChI is InChI=1S/C32H42O4/c1-22(2)21-29(23(3)4)27-18-19-30(28-16-11-10-15-26(27)28)36-32(24(5)6)34-20-12-17-31(33)35-25-13-8-7-9-14-25/h7-11,13-16,18-19,22-24,29,32H,12,17,20-21H2,1-6H3. The molecular formula is C32H42O4. The average molecular weight is 491 g/mol. The summed E-state index contributed by atoms with van der Waals surface area (Å²) >= 11 is 0. The van der Waals surface area contributed by atoms with E-state index in [1.807, 2.05) is 18.2 Å². The van der Waals surface area contributed by atoms with E-state index < -0.39 is 6.29 Å². The summed E-state index contributed by atoms with van der Waals surface area (Å²) in [6.45, 7) is 13.8. The second kappa shape index (κ2) is 13.5. The lowest BCUT2D eigenvalue weighted by Gasteiger charge is -2.27. The summed E-state index contributed by atoms with van der Waals surface area (Å²) in [5, 5.41) is 2.37. The first-order valence-corrected chi connectivity index (χ1v) is 13.3. The normalized spacial score (nSPS) is 13.4. The molecule has 2 unspecified atom stereocenters. The maximum atomic E-state index is 12.1. The van der Waals surface area contributed by atoms with Crippen molar-refractivity contribution < 1.29 is 19.0 Å². The number of carbonyl (C=O) groups is 1. The van der Waals surface area contributed by atoms with Crippen LogP contribution in [-0.4, -0.2) is 18.9 Å². The summed E-state index contributed by atoms with van der Waals surface area (Å²) in [7, 11) is 0. The van der Waals surface area contributed by atoms with Gasteiger partial charge in [0.15, 0.2) is 0 Å². The SMILES string of the molecule is CC(C)CC(c1ccc(OC(OCCCC(=O)Oc2ccccc2)C(C)C)c2ccccc12)C(C)C. The zero-order chi connectivity index (χ0) is 26.1. The zero-order valence-electron chi connectivity index (χ0n) is 22.7. The van der Waals surface area contributed by atoms with Crippen LogP contribution in [0.1, 0.15) is 72.3 Å². The number of fused-ring (bicyclic) bond motifs is 1. The van der Waals surface area contributed by atoms with Crippen molar-refractivity contribution in [3.8, 4) is 11.5 Å². The highest BCUT2D eigenvalue weighted by Gasteiger charge is 2.22. The number of carbonyl (C=O) groups excluding carboxylic acids is 1. The molecule has 0 aliphatic heterocycles. The van der Waals surface area contributed by atoms with Gasteiger partial charge in [-0.05, 0) is 59.7 Å². The van der Waals surface area contributed by atoms with Gasteiger partial charge in [-0.2, -0.15) is 0 Å². The Balaban J connectivity index is 1.67. The largest absolute Gasteiger partial charge is 0.464 e. The van der Waals surface area contributed by atoms with Crippen molar-refractivity contribution in [3.63, 3.8) is 0 Å². The van der Waals surface area contributed by atoms with E-state index in [9.17, 15) is 4.79 Å². The van der Waals surface area contributed by atoms with Gasteiger partial charge in [0.25, 0.3) is 0 Å². The first kappa shape index (κ1) is 27.7. The van der Waals surface area contributed by atoms with Crippen LogP contribution in [0.4, 0.5) is 0 Å². The Kier molecular flexibility index (Phi) is 10.4. The number of rotatable bonds is 13. The van der Waals surface area contributed by atoms with Gasteiger partial charge in [0.05, 0.1) is 6.61 Å². The smallest absolute Gasteiger partial charge is 0.311 e. The minimum absolute atomic E-state index is 0.157. The molecule has 0 N–H and O–H groups in total. The van der Waals surface area contributed by atoms with Crippen LogP contribution in [0.3, 0.4) is 0 Å². The Morgan fingerprint density at radius 2 is 1.44 bits per heavy atom. The van der Waals surface area contributed by atoms with Gasteiger partial charge in [0.2, 0.25) is 6.29 Å². The molecule has 0 aromatic heterocycles. The molecule has 0 heterocycles. The summed E-state index contributed by atoms with van der Waals surface area (Å²) in [4.78, 5) is 12.1. The van der Waals surface area contributed by atoms with Crippen molar-refractivity contribution in [1.29, 1.82) is 0 Å². The maximum Gasteiger partial charge on any atom is 0.311 e. The number of para-hydroxylation sites is 1. The second-order valence-electron chi connectivity index (χ2n) is 10.7. The van der Waals surface area contributed by atoms with Crippen molar-refractivity contribution >= 4 is 16.7 Å². The molecule has 0 radical (unpaired) electrons. The number of ether oxygens (including phenoxy) is 3. The third-order valence-corrected chi connectivity index (χ3v) is 6.42. The summed E-state index contributed by atoms with van der Waals surface area (Å²) in [5.74, 6) is 2.99. The molecule has 0 bridgehead atoms. The van der Waals surface area contributed by atoms with Crippen molar-refractivity contribution in [2.45, 2.75) is 73.0 Å². The topological polar surface area (TPSA) is 44.8 Å². The molecule has 36 heavy (non-hydrogen) atoms. The van der Waals surface area contributed by atoms with Crippen LogP contribution in [0.2, 0.25) is 0 Å². The van der Waals surface area contributed by atoms with E-state index in [-0.39, 0.29) is 11.9 Å². The van der Waals surface area contributed by atoms with E-state index in [0.717, 1.165) is 17.6 Å². The van der Waals surface area contributed by atoms with Crippen LogP contribution in [0.25, 0.3) is 10.8 Å². The Morgan fingerprint density at radius 1 is 0.778 bits per heavy atom. The van der Waals surface area contributed by atoms with Crippen molar-refractivity contribution in [2.75, 3.05) is 6.61 Å². The van der Waals surface area contributed by atoms with Gasteiger partial charge in [-0.3, -0.25) is 4.79 Å². The van der Waals surface area contributed by atoms with E-state index in [4.69, 9.17) is 14.2 Å². The minimum Gasteiger partial charge on any atom is -0.464 e. The highest BCUT2D eigenvalue weighted by Crippen LogP contribution is 2.39. The summed E-state index contributed by atoms with van der Waals surface area (Å²) in [6, 6.07) is 22.0. The molecule has 0 saturated heterocycles. The molecule has 0 fully saturated rings. The highest BCUT2D eigenvalue weighted by atomic mass is 16.7. The molecule has 2 atom stereocenters. The summed E-state index contributed by atoms with van der Waals surface area (Å²) < 4.78 is 17.9. The van der Waals surface area contributed by atoms with Gasteiger partial charge in [-0.1, -0.05) is 90.1 Å². The fourth-order valence-electron chi connectivity index (χ4n) is 4.56. The lowest BCUT2D eigenvalue weighted by molar-refractivity contribution is -0.136. The lowest BCUT2D eigenvalue weighted by atomic mass is 9.80. The van der Waals surface area contributed by atoms with Crippen molar-refractivity contribution in [1.82, 2.24) is 0 Å². The molecular weight excluding hydrogens is 448 g/mol. The van der Waals surface area contributed by atoms with Crippen LogP contribution in [0.15, 0.2) is 66.7 Å². The molecule has 0 saturated carbocycles. The third kappa shape index (κ3) is 7.83. The van der Waals surface area contributed by atoms with E-state index >= 15 is 0 Å². The molecule has 3 aromatic carbocycles. The Bertz CT molecular complexity index is 1090. The van der Waals surface area contributed by atoms with Crippen molar-refractivity contribution in [3.05, 3.63) is 72.3 Å². The van der Waals surface area contributed by atoms with Gasteiger partial charge in [0, 0.05) is 17.7 Å². The first-order chi connectivity index (χ1) is 17.3. The quantitative estimate of drug-likeness (QED) is 0.104. The molecule has 3 aromatic rings. The minimum atomic E-state index is -0.402. The fraction of sp³-hybridized carbons (Fsp3) is 0.469. The van der Waals surface area contributed by atoms with Gasteiger partial charge in [-0.15, -0.1) is 0 Å². The number of esters is 1. The number of benzene rings is 3.